The molecule has 0 unspecified atom stereocenters. The second-order valence-electron chi connectivity index (χ2n) is 2.38. The zero-order valence-corrected chi connectivity index (χ0v) is 6.76. The molecule has 1 aromatic rings. The van der Waals surface area contributed by atoms with Crippen molar-refractivity contribution in [1.29, 1.82) is 0 Å². The summed E-state index contributed by atoms with van der Waals surface area (Å²) < 4.78 is 27.7. The van der Waals surface area contributed by atoms with Gasteiger partial charge in [-0.25, -0.2) is 0 Å². The minimum atomic E-state index is -2.74. The van der Waals surface area contributed by atoms with E-state index >= 15 is 0 Å². The molecule has 1 aromatic carbocycles. The highest BCUT2D eigenvalue weighted by Gasteiger charge is 2.03. The molecule has 3 heteroatoms. The van der Waals surface area contributed by atoms with Gasteiger partial charge in [0.1, 0.15) is 5.75 Å². The van der Waals surface area contributed by atoms with Gasteiger partial charge in [0.25, 0.3) is 0 Å². The summed E-state index contributed by atoms with van der Waals surface area (Å²) in [4.78, 5) is 0. The number of halogens is 2. The highest BCUT2D eigenvalue weighted by molar-refractivity contribution is 5.28. The minimum Gasteiger partial charge on any atom is -0.435 e. The van der Waals surface area contributed by atoms with Crippen LogP contribution in [0, 0.1) is 0 Å². The standard InChI is InChI=1S/C9H10F2O/c1-2-7-4-3-5-8(6-7)12-9(10)11/h3-6,9H,2H2,1H3. The van der Waals surface area contributed by atoms with Gasteiger partial charge in [0.15, 0.2) is 0 Å². The van der Waals surface area contributed by atoms with Crippen LogP contribution in [0.15, 0.2) is 24.3 Å². The highest BCUT2D eigenvalue weighted by Crippen LogP contribution is 2.15. The van der Waals surface area contributed by atoms with E-state index in [0.29, 0.717) is 0 Å². The maximum Gasteiger partial charge on any atom is 0.387 e. The summed E-state index contributed by atoms with van der Waals surface area (Å²) in [6.45, 7) is -0.779. The van der Waals surface area contributed by atoms with Gasteiger partial charge in [0.2, 0.25) is 0 Å². The van der Waals surface area contributed by atoms with Gasteiger partial charge in [-0.3, -0.25) is 0 Å². The Morgan fingerprint density at radius 3 is 2.75 bits per heavy atom. The topological polar surface area (TPSA) is 9.23 Å². The number of aryl methyl sites for hydroxylation is 1. The van der Waals surface area contributed by atoms with E-state index < -0.39 is 6.61 Å². The Bertz CT molecular complexity index is 248. The molecular formula is C9H10F2O. The third-order valence-electron chi connectivity index (χ3n) is 1.53. The molecule has 0 bridgehead atoms. The van der Waals surface area contributed by atoms with Crippen molar-refractivity contribution in [2.24, 2.45) is 0 Å². The summed E-state index contributed by atoms with van der Waals surface area (Å²) >= 11 is 0. The van der Waals surface area contributed by atoms with E-state index in [1.165, 1.54) is 6.07 Å². The van der Waals surface area contributed by atoms with Gasteiger partial charge in [-0.05, 0) is 24.1 Å². The van der Waals surface area contributed by atoms with Crippen LogP contribution < -0.4 is 4.74 Å². The Morgan fingerprint density at radius 2 is 2.17 bits per heavy atom. The second kappa shape index (κ2) is 4.04. The number of rotatable bonds is 3. The molecule has 1 rings (SSSR count). The van der Waals surface area contributed by atoms with E-state index in [0.717, 1.165) is 12.0 Å². The van der Waals surface area contributed by atoms with Gasteiger partial charge in [-0.1, -0.05) is 19.1 Å². The molecule has 0 N–H and O–H groups in total. The molecule has 0 amide bonds. The smallest absolute Gasteiger partial charge is 0.387 e. The van der Waals surface area contributed by atoms with Gasteiger partial charge in [-0.2, -0.15) is 8.78 Å². The van der Waals surface area contributed by atoms with Crippen molar-refractivity contribution in [3.63, 3.8) is 0 Å². The van der Waals surface area contributed by atoms with Crippen LogP contribution in [0.2, 0.25) is 0 Å². The lowest BCUT2D eigenvalue weighted by atomic mass is 10.2. The highest BCUT2D eigenvalue weighted by atomic mass is 19.3. The molecule has 1 nitrogen and oxygen atoms in total. The average Bonchev–Trinajstić information content (AvgIpc) is 2.03. The SMILES string of the molecule is CCc1cccc(OC(F)F)c1. The Hall–Kier alpha value is -1.12. The summed E-state index contributed by atoms with van der Waals surface area (Å²) in [7, 11) is 0. The summed E-state index contributed by atoms with van der Waals surface area (Å²) in [6, 6.07) is 6.71. The van der Waals surface area contributed by atoms with Crippen LogP contribution in [-0.2, 0) is 6.42 Å². The Morgan fingerprint density at radius 1 is 1.42 bits per heavy atom. The molecule has 0 fully saturated rings. The first kappa shape index (κ1) is 8.97. The van der Waals surface area contributed by atoms with Gasteiger partial charge < -0.3 is 4.74 Å². The number of alkyl halides is 2. The van der Waals surface area contributed by atoms with E-state index in [2.05, 4.69) is 4.74 Å². The zero-order valence-electron chi connectivity index (χ0n) is 6.76. The van der Waals surface area contributed by atoms with Crippen molar-refractivity contribution in [2.75, 3.05) is 0 Å². The summed E-state index contributed by atoms with van der Waals surface area (Å²) in [5, 5.41) is 0. The molecule has 0 atom stereocenters. The van der Waals surface area contributed by atoms with Gasteiger partial charge >= 0.3 is 6.61 Å². The molecular weight excluding hydrogens is 162 g/mol. The van der Waals surface area contributed by atoms with E-state index in [1.54, 1.807) is 12.1 Å². The van der Waals surface area contributed by atoms with Crippen molar-refractivity contribution in [3.8, 4) is 5.75 Å². The first-order valence-corrected chi connectivity index (χ1v) is 3.76. The van der Waals surface area contributed by atoms with Crippen molar-refractivity contribution < 1.29 is 13.5 Å². The van der Waals surface area contributed by atoms with Gasteiger partial charge in [0, 0.05) is 0 Å². The summed E-state index contributed by atoms with van der Waals surface area (Å²) in [5.41, 5.74) is 0.994. The maximum atomic E-state index is 11.7. The van der Waals surface area contributed by atoms with Gasteiger partial charge in [-0.15, -0.1) is 0 Å². The molecule has 0 heterocycles. The first-order valence-electron chi connectivity index (χ1n) is 3.76. The lowest BCUT2D eigenvalue weighted by Gasteiger charge is -2.04. The molecule has 12 heavy (non-hydrogen) atoms. The lowest BCUT2D eigenvalue weighted by Crippen LogP contribution is -2.01. The number of hydrogen-bond donors (Lipinski definition) is 0. The second-order valence-corrected chi connectivity index (χ2v) is 2.38. The normalized spacial score (nSPS) is 10.3. The van der Waals surface area contributed by atoms with Crippen molar-refractivity contribution in [2.45, 2.75) is 20.0 Å². The fourth-order valence-corrected chi connectivity index (χ4v) is 0.942. The Labute approximate surface area is 70.0 Å². The molecule has 0 spiro atoms. The van der Waals surface area contributed by atoms with Crippen LogP contribution in [0.5, 0.6) is 5.75 Å². The van der Waals surface area contributed by atoms with E-state index in [-0.39, 0.29) is 5.75 Å². The Kier molecular flexibility index (Phi) is 3.02. The van der Waals surface area contributed by atoms with Crippen LogP contribution in [0.25, 0.3) is 0 Å². The van der Waals surface area contributed by atoms with Crippen molar-refractivity contribution in [1.82, 2.24) is 0 Å². The third-order valence-corrected chi connectivity index (χ3v) is 1.53. The maximum absolute atomic E-state index is 11.7. The molecule has 0 aliphatic carbocycles. The molecule has 0 aromatic heterocycles. The fourth-order valence-electron chi connectivity index (χ4n) is 0.942. The van der Waals surface area contributed by atoms with E-state index in [1.807, 2.05) is 13.0 Å². The predicted octanol–water partition coefficient (Wildman–Crippen LogP) is 2.85. The molecule has 0 saturated carbocycles. The van der Waals surface area contributed by atoms with Crippen molar-refractivity contribution >= 4 is 0 Å². The monoisotopic (exact) mass is 172 g/mol. The van der Waals surface area contributed by atoms with Crippen LogP contribution in [-0.4, -0.2) is 6.61 Å². The quantitative estimate of drug-likeness (QED) is 0.681. The number of hydrogen-bond acceptors (Lipinski definition) is 1. The average molecular weight is 172 g/mol. The van der Waals surface area contributed by atoms with Crippen molar-refractivity contribution in [3.05, 3.63) is 29.8 Å². The molecule has 0 radical (unpaired) electrons. The molecule has 0 saturated heterocycles. The summed E-state index contributed by atoms with van der Waals surface area (Å²) in [5.74, 6) is 0.226. The number of ether oxygens (including phenoxy) is 1. The van der Waals surface area contributed by atoms with E-state index in [4.69, 9.17) is 0 Å². The first-order chi connectivity index (χ1) is 5.72. The minimum absolute atomic E-state index is 0.226. The predicted molar refractivity (Wildman–Crippen MR) is 42.5 cm³/mol. The van der Waals surface area contributed by atoms with Crippen LogP contribution >= 0.6 is 0 Å². The third kappa shape index (κ3) is 2.49. The molecule has 66 valence electrons. The molecule has 0 aliphatic rings. The number of benzene rings is 1. The zero-order chi connectivity index (χ0) is 8.97. The molecule has 0 aliphatic heterocycles. The van der Waals surface area contributed by atoms with Crippen LogP contribution in [0.3, 0.4) is 0 Å². The summed E-state index contributed by atoms with van der Waals surface area (Å²) in [6.07, 6.45) is 0.820. The fraction of sp³-hybridized carbons (Fsp3) is 0.333. The largest absolute Gasteiger partial charge is 0.435 e. The van der Waals surface area contributed by atoms with Crippen LogP contribution in [0.1, 0.15) is 12.5 Å². The van der Waals surface area contributed by atoms with Gasteiger partial charge in [0.05, 0.1) is 0 Å². The van der Waals surface area contributed by atoms with Crippen LogP contribution in [0.4, 0.5) is 8.78 Å². The van der Waals surface area contributed by atoms with E-state index in [9.17, 15) is 8.78 Å². The lowest BCUT2D eigenvalue weighted by molar-refractivity contribution is -0.0498. The Balaban J connectivity index is 2.72.